The summed E-state index contributed by atoms with van der Waals surface area (Å²) in [6, 6.07) is 5.42. The average Bonchev–Trinajstić information content (AvgIpc) is 2.86. The van der Waals surface area contributed by atoms with Crippen LogP contribution in [-0.4, -0.2) is 63.4 Å². The lowest BCUT2D eigenvalue weighted by atomic mass is 10.1. The third-order valence-electron chi connectivity index (χ3n) is 4.22. The van der Waals surface area contributed by atoms with E-state index in [1.54, 1.807) is 17.3 Å². The smallest absolute Gasteiger partial charge is 0.317 e. The Labute approximate surface area is 147 Å². The van der Waals surface area contributed by atoms with Crippen molar-refractivity contribution in [1.82, 2.24) is 25.1 Å². The van der Waals surface area contributed by atoms with Crippen LogP contribution in [0.4, 0.5) is 4.79 Å². The molecule has 3 rings (SSSR count). The van der Waals surface area contributed by atoms with E-state index in [4.69, 9.17) is 0 Å². The highest BCUT2D eigenvalue weighted by Gasteiger charge is 2.25. The molecule has 0 radical (unpaired) electrons. The number of hydrogen-bond donors (Lipinski definition) is 2. The second-order valence-corrected chi connectivity index (χ2v) is 7.45. The molecule has 2 heterocycles. The van der Waals surface area contributed by atoms with E-state index in [0.29, 0.717) is 31.7 Å². The van der Waals surface area contributed by atoms with Gasteiger partial charge in [-0.1, -0.05) is 0 Å². The van der Waals surface area contributed by atoms with Gasteiger partial charge in [-0.15, -0.1) is 0 Å². The monoisotopic (exact) mass is 343 g/mol. The lowest BCUT2D eigenvalue weighted by molar-refractivity contribution is 0.0762. The first-order chi connectivity index (χ1) is 11.8. The lowest BCUT2D eigenvalue weighted by Gasteiger charge is -2.27. The fraction of sp³-hybridized carbons (Fsp3) is 0.500. The van der Waals surface area contributed by atoms with Gasteiger partial charge in [-0.3, -0.25) is 4.79 Å². The average molecular weight is 343 g/mol. The second-order valence-electron chi connectivity index (χ2n) is 7.45. The molecule has 0 atom stereocenters. The summed E-state index contributed by atoms with van der Waals surface area (Å²) in [5, 5.41) is 2.98. The number of nitrogens with zero attached hydrogens (tertiary/aromatic N) is 3. The quantitative estimate of drug-likeness (QED) is 0.833. The van der Waals surface area contributed by atoms with Crippen LogP contribution in [0.3, 0.4) is 0 Å². The van der Waals surface area contributed by atoms with Gasteiger partial charge in [0.25, 0.3) is 5.91 Å². The zero-order valence-electron chi connectivity index (χ0n) is 15.0. The Morgan fingerprint density at radius 1 is 1.12 bits per heavy atom. The number of amides is 3. The molecule has 0 unspecified atom stereocenters. The van der Waals surface area contributed by atoms with Gasteiger partial charge in [-0.05, 0) is 45.4 Å². The Kier molecular flexibility index (Phi) is 4.65. The first-order valence-corrected chi connectivity index (χ1v) is 8.63. The van der Waals surface area contributed by atoms with E-state index in [9.17, 15) is 9.59 Å². The zero-order valence-corrected chi connectivity index (χ0v) is 15.0. The van der Waals surface area contributed by atoms with Gasteiger partial charge in [0.15, 0.2) is 0 Å². The van der Waals surface area contributed by atoms with Gasteiger partial charge in [0.2, 0.25) is 0 Å². The van der Waals surface area contributed by atoms with Crippen LogP contribution in [0.25, 0.3) is 11.0 Å². The number of aromatic amines is 1. The van der Waals surface area contributed by atoms with Crippen molar-refractivity contribution in [2.45, 2.75) is 32.7 Å². The second kappa shape index (κ2) is 6.74. The standard InChI is InChI=1S/C18H25N5O2/c1-18(2,3)21-17(25)23-8-4-7-22(9-10-23)16(24)13-5-6-14-15(11-13)20-12-19-14/h5-6,11-12H,4,7-10H2,1-3H3,(H,19,20)(H,21,25). The Balaban J connectivity index is 1.66. The topological polar surface area (TPSA) is 81.3 Å². The van der Waals surface area contributed by atoms with Crippen molar-refractivity contribution in [2.75, 3.05) is 26.2 Å². The van der Waals surface area contributed by atoms with E-state index in [-0.39, 0.29) is 17.5 Å². The van der Waals surface area contributed by atoms with Gasteiger partial charge in [0.1, 0.15) is 0 Å². The summed E-state index contributed by atoms with van der Waals surface area (Å²) in [5.74, 6) is -0.00502. The van der Waals surface area contributed by atoms with Gasteiger partial charge in [-0.2, -0.15) is 0 Å². The number of rotatable bonds is 1. The Morgan fingerprint density at radius 2 is 1.84 bits per heavy atom. The van der Waals surface area contributed by atoms with Crippen LogP contribution in [0, 0.1) is 0 Å². The minimum absolute atomic E-state index is 0.00502. The molecule has 1 aliphatic heterocycles. The molecule has 0 bridgehead atoms. The van der Waals surface area contributed by atoms with Gasteiger partial charge >= 0.3 is 6.03 Å². The van der Waals surface area contributed by atoms with Crippen LogP contribution < -0.4 is 5.32 Å². The number of benzene rings is 1. The van der Waals surface area contributed by atoms with E-state index >= 15 is 0 Å². The summed E-state index contributed by atoms with van der Waals surface area (Å²) in [6.07, 6.45) is 2.40. The van der Waals surface area contributed by atoms with Crippen molar-refractivity contribution >= 4 is 23.0 Å². The minimum atomic E-state index is -0.265. The van der Waals surface area contributed by atoms with Crippen LogP contribution >= 0.6 is 0 Å². The molecule has 2 N–H and O–H groups in total. The van der Waals surface area contributed by atoms with E-state index in [2.05, 4.69) is 15.3 Å². The largest absolute Gasteiger partial charge is 0.345 e. The normalized spacial score (nSPS) is 16.0. The van der Waals surface area contributed by atoms with E-state index < -0.39 is 0 Å². The van der Waals surface area contributed by atoms with Crippen molar-refractivity contribution in [3.05, 3.63) is 30.1 Å². The Bertz CT molecular complexity index is 777. The SMILES string of the molecule is CC(C)(C)NC(=O)N1CCCN(C(=O)c2ccc3nc[nH]c3c2)CC1. The van der Waals surface area contributed by atoms with Gasteiger partial charge in [-0.25, -0.2) is 9.78 Å². The van der Waals surface area contributed by atoms with Crippen molar-refractivity contribution in [3.63, 3.8) is 0 Å². The summed E-state index contributed by atoms with van der Waals surface area (Å²) in [7, 11) is 0. The third kappa shape index (κ3) is 4.10. The highest BCUT2D eigenvalue weighted by molar-refractivity contribution is 5.97. The third-order valence-corrected chi connectivity index (χ3v) is 4.22. The van der Waals surface area contributed by atoms with Crippen molar-refractivity contribution in [3.8, 4) is 0 Å². The molecule has 7 nitrogen and oxygen atoms in total. The van der Waals surface area contributed by atoms with Crippen LogP contribution in [0.15, 0.2) is 24.5 Å². The van der Waals surface area contributed by atoms with E-state index in [0.717, 1.165) is 17.5 Å². The van der Waals surface area contributed by atoms with Crippen molar-refractivity contribution in [1.29, 1.82) is 0 Å². The molecular weight excluding hydrogens is 318 g/mol. The number of hydrogen-bond acceptors (Lipinski definition) is 3. The van der Waals surface area contributed by atoms with E-state index in [1.807, 2.05) is 37.8 Å². The Hall–Kier alpha value is -2.57. The highest BCUT2D eigenvalue weighted by Crippen LogP contribution is 2.15. The minimum Gasteiger partial charge on any atom is -0.345 e. The molecule has 25 heavy (non-hydrogen) atoms. The number of H-pyrrole nitrogens is 1. The molecule has 1 fully saturated rings. The highest BCUT2D eigenvalue weighted by atomic mass is 16.2. The number of nitrogens with one attached hydrogen (secondary N) is 2. The van der Waals surface area contributed by atoms with Gasteiger partial charge in [0.05, 0.1) is 17.4 Å². The number of fused-ring (bicyclic) bond motifs is 1. The fourth-order valence-electron chi connectivity index (χ4n) is 2.97. The van der Waals surface area contributed by atoms with Crippen LogP contribution in [0.1, 0.15) is 37.6 Å². The summed E-state index contributed by atoms with van der Waals surface area (Å²) < 4.78 is 0. The molecule has 0 saturated carbocycles. The molecule has 1 aliphatic rings. The fourth-order valence-corrected chi connectivity index (χ4v) is 2.97. The molecule has 7 heteroatoms. The zero-order chi connectivity index (χ0) is 18.0. The molecule has 0 spiro atoms. The first-order valence-electron chi connectivity index (χ1n) is 8.63. The molecule has 0 aliphatic carbocycles. The number of carbonyl (C=O) groups excluding carboxylic acids is 2. The number of urea groups is 1. The molecule has 1 saturated heterocycles. The predicted molar refractivity (Wildman–Crippen MR) is 96.5 cm³/mol. The van der Waals surface area contributed by atoms with Crippen LogP contribution in [0.2, 0.25) is 0 Å². The maximum atomic E-state index is 12.8. The van der Waals surface area contributed by atoms with Crippen LogP contribution in [0.5, 0.6) is 0 Å². The predicted octanol–water partition coefficient (Wildman–Crippen LogP) is 2.22. The summed E-state index contributed by atoms with van der Waals surface area (Å²) in [5.41, 5.74) is 2.08. The number of carbonyl (C=O) groups is 2. The van der Waals surface area contributed by atoms with E-state index in [1.165, 1.54) is 0 Å². The number of imidazole rings is 1. The van der Waals surface area contributed by atoms with Crippen molar-refractivity contribution in [2.24, 2.45) is 0 Å². The van der Waals surface area contributed by atoms with Gasteiger partial charge in [0, 0.05) is 37.3 Å². The number of aromatic nitrogens is 2. The molecular formula is C18H25N5O2. The molecule has 1 aromatic carbocycles. The molecule has 1 aromatic heterocycles. The molecule has 3 amide bonds. The molecule has 2 aromatic rings. The summed E-state index contributed by atoms with van der Waals surface area (Å²) >= 11 is 0. The summed E-state index contributed by atoms with van der Waals surface area (Å²) in [6.45, 7) is 8.28. The Morgan fingerprint density at radius 3 is 2.60 bits per heavy atom. The molecule has 134 valence electrons. The lowest BCUT2D eigenvalue weighted by Crippen LogP contribution is -2.49. The summed E-state index contributed by atoms with van der Waals surface area (Å²) in [4.78, 5) is 35.9. The van der Waals surface area contributed by atoms with Crippen molar-refractivity contribution < 1.29 is 9.59 Å². The first kappa shape index (κ1) is 17.3. The van der Waals surface area contributed by atoms with Gasteiger partial charge < -0.3 is 20.1 Å². The maximum Gasteiger partial charge on any atom is 0.317 e. The maximum absolute atomic E-state index is 12.8. The van der Waals surface area contributed by atoms with Crippen LogP contribution in [-0.2, 0) is 0 Å².